The molecule has 21 heavy (non-hydrogen) atoms. The largest absolute Gasteiger partial charge is 0.322 e. The van der Waals surface area contributed by atoms with Crippen LogP contribution in [0.3, 0.4) is 0 Å². The Labute approximate surface area is 131 Å². The molecule has 3 N–H and O–H groups in total. The molecule has 2 rings (SSSR count). The van der Waals surface area contributed by atoms with Gasteiger partial charge in [-0.25, -0.2) is 4.39 Å². The molecule has 3 nitrogen and oxygen atoms in total. The van der Waals surface area contributed by atoms with Crippen LogP contribution >= 0.6 is 23.2 Å². The lowest BCUT2D eigenvalue weighted by atomic mass is 10.1. The minimum atomic E-state index is -0.872. The molecule has 1 unspecified atom stereocenters. The molecule has 110 valence electrons. The number of halogens is 3. The molecule has 0 radical (unpaired) electrons. The van der Waals surface area contributed by atoms with Crippen molar-refractivity contribution in [2.24, 2.45) is 5.73 Å². The second-order valence-electron chi connectivity index (χ2n) is 4.62. The smallest absolute Gasteiger partial charge is 0.245 e. The van der Waals surface area contributed by atoms with Crippen LogP contribution < -0.4 is 11.1 Å². The van der Waals surface area contributed by atoms with Crippen LogP contribution in [-0.4, -0.2) is 5.91 Å². The van der Waals surface area contributed by atoms with Gasteiger partial charge in [-0.2, -0.15) is 0 Å². The fourth-order valence-corrected chi connectivity index (χ4v) is 2.34. The van der Waals surface area contributed by atoms with Crippen LogP contribution in [-0.2, 0) is 4.79 Å². The Morgan fingerprint density at radius 2 is 1.71 bits per heavy atom. The molecule has 0 bridgehead atoms. The summed E-state index contributed by atoms with van der Waals surface area (Å²) in [6.07, 6.45) is 0. The highest BCUT2D eigenvalue weighted by atomic mass is 35.5. The van der Waals surface area contributed by atoms with Crippen molar-refractivity contribution in [2.45, 2.75) is 13.0 Å². The van der Waals surface area contributed by atoms with E-state index in [0.717, 1.165) is 17.7 Å². The molecule has 1 amide bonds. The van der Waals surface area contributed by atoms with E-state index in [1.165, 1.54) is 0 Å². The van der Waals surface area contributed by atoms with Crippen molar-refractivity contribution in [3.05, 3.63) is 63.4 Å². The number of anilines is 1. The first kappa shape index (κ1) is 15.8. The zero-order valence-corrected chi connectivity index (χ0v) is 12.7. The first-order valence-electron chi connectivity index (χ1n) is 6.16. The van der Waals surface area contributed by atoms with Gasteiger partial charge in [0.15, 0.2) is 0 Å². The highest BCUT2D eigenvalue weighted by molar-refractivity contribution is 6.39. The van der Waals surface area contributed by atoms with Gasteiger partial charge in [-0.05, 0) is 24.6 Å². The molecule has 0 spiro atoms. The summed E-state index contributed by atoms with van der Waals surface area (Å²) in [7, 11) is 0. The number of carbonyl (C=O) groups excluding carboxylic acids is 1. The van der Waals surface area contributed by atoms with Crippen molar-refractivity contribution in [1.29, 1.82) is 0 Å². The number of hydrogen-bond donors (Lipinski definition) is 2. The molecule has 0 saturated carbocycles. The van der Waals surface area contributed by atoms with Gasteiger partial charge in [-0.3, -0.25) is 4.79 Å². The predicted molar refractivity (Wildman–Crippen MR) is 83.2 cm³/mol. The minimum Gasteiger partial charge on any atom is -0.322 e. The van der Waals surface area contributed by atoms with E-state index in [9.17, 15) is 9.18 Å². The Balaban J connectivity index is 2.20. The second-order valence-corrected chi connectivity index (χ2v) is 5.44. The van der Waals surface area contributed by atoms with Crippen molar-refractivity contribution < 1.29 is 9.18 Å². The summed E-state index contributed by atoms with van der Waals surface area (Å²) in [5, 5.41) is 2.56. The number of nitrogens with one attached hydrogen (secondary N) is 1. The average Bonchev–Trinajstić information content (AvgIpc) is 2.42. The molecule has 0 fully saturated rings. The Kier molecular flexibility index (Phi) is 4.83. The van der Waals surface area contributed by atoms with Gasteiger partial charge in [0.25, 0.3) is 0 Å². The summed E-state index contributed by atoms with van der Waals surface area (Å²) < 4.78 is 13.1. The normalized spacial score (nSPS) is 12.0. The average molecular weight is 327 g/mol. The lowest BCUT2D eigenvalue weighted by Crippen LogP contribution is -2.28. The second kappa shape index (κ2) is 6.43. The van der Waals surface area contributed by atoms with Gasteiger partial charge < -0.3 is 11.1 Å². The van der Waals surface area contributed by atoms with E-state index in [2.05, 4.69) is 5.32 Å². The van der Waals surface area contributed by atoms with E-state index in [-0.39, 0.29) is 15.7 Å². The third-order valence-electron chi connectivity index (χ3n) is 2.97. The van der Waals surface area contributed by atoms with E-state index in [1.54, 1.807) is 12.1 Å². The van der Waals surface area contributed by atoms with Crippen molar-refractivity contribution in [1.82, 2.24) is 0 Å². The van der Waals surface area contributed by atoms with Gasteiger partial charge in [-0.1, -0.05) is 53.0 Å². The molecular formula is C15H13Cl2FN2O. The number of carbonyl (C=O) groups is 1. The standard InChI is InChI=1S/C15H13Cl2FN2O/c1-8-2-4-9(5-3-8)13(19)15(21)20-14-11(16)6-10(18)7-12(14)17/h2-7,13H,19H2,1H3,(H,20,21). The molecule has 0 saturated heterocycles. The minimum absolute atomic E-state index is 0.0180. The SMILES string of the molecule is Cc1ccc(C(N)C(=O)Nc2c(Cl)cc(F)cc2Cl)cc1. The van der Waals surface area contributed by atoms with Crippen molar-refractivity contribution in [3.63, 3.8) is 0 Å². The molecule has 0 aromatic heterocycles. The van der Waals surface area contributed by atoms with E-state index >= 15 is 0 Å². The van der Waals surface area contributed by atoms with Gasteiger partial charge in [0.2, 0.25) is 5.91 Å². The van der Waals surface area contributed by atoms with Crippen LogP contribution in [0.5, 0.6) is 0 Å². The molecule has 2 aromatic carbocycles. The number of nitrogens with two attached hydrogens (primary N) is 1. The highest BCUT2D eigenvalue weighted by Gasteiger charge is 2.18. The van der Waals surface area contributed by atoms with Crippen LogP contribution in [0.25, 0.3) is 0 Å². The third kappa shape index (κ3) is 3.73. The summed E-state index contributed by atoms with van der Waals surface area (Å²) in [6.45, 7) is 1.94. The van der Waals surface area contributed by atoms with Crippen molar-refractivity contribution in [3.8, 4) is 0 Å². The summed E-state index contributed by atoms with van der Waals surface area (Å²) >= 11 is 11.7. The fraction of sp³-hybridized carbons (Fsp3) is 0.133. The zero-order chi connectivity index (χ0) is 15.6. The number of hydrogen-bond acceptors (Lipinski definition) is 2. The molecule has 6 heteroatoms. The summed E-state index contributed by atoms with van der Waals surface area (Å²) in [5.74, 6) is -1.06. The highest BCUT2D eigenvalue weighted by Crippen LogP contribution is 2.32. The fourth-order valence-electron chi connectivity index (χ4n) is 1.79. The molecule has 0 aliphatic rings. The number of aryl methyl sites for hydroxylation is 1. The van der Waals surface area contributed by atoms with E-state index in [4.69, 9.17) is 28.9 Å². The van der Waals surface area contributed by atoms with E-state index < -0.39 is 17.8 Å². The maximum absolute atomic E-state index is 13.1. The Morgan fingerprint density at radius 1 is 1.19 bits per heavy atom. The van der Waals surface area contributed by atoms with Crippen molar-refractivity contribution >= 4 is 34.8 Å². The Bertz CT molecular complexity index is 651. The number of amides is 1. The van der Waals surface area contributed by atoms with Crippen LogP contribution in [0.1, 0.15) is 17.2 Å². The zero-order valence-electron chi connectivity index (χ0n) is 11.2. The molecular weight excluding hydrogens is 314 g/mol. The molecule has 0 aliphatic carbocycles. The van der Waals surface area contributed by atoms with E-state index in [0.29, 0.717) is 5.56 Å². The van der Waals surface area contributed by atoms with Crippen LogP contribution in [0.2, 0.25) is 10.0 Å². The summed E-state index contributed by atoms with van der Waals surface area (Å²) in [5.41, 5.74) is 7.77. The van der Waals surface area contributed by atoms with E-state index in [1.807, 2.05) is 19.1 Å². The lowest BCUT2D eigenvalue weighted by molar-refractivity contribution is -0.117. The summed E-state index contributed by atoms with van der Waals surface area (Å²) in [6, 6.07) is 8.53. The maximum atomic E-state index is 13.1. The molecule has 0 heterocycles. The van der Waals surface area contributed by atoms with Gasteiger partial charge >= 0.3 is 0 Å². The number of rotatable bonds is 3. The monoisotopic (exact) mass is 326 g/mol. The summed E-state index contributed by atoms with van der Waals surface area (Å²) in [4.78, 5) is 12.1. The molecule has 2 aromatic rings. The molecule has 1 atom stereocenters. The van der Waals surface area contributed by atoms with Crippen LogP contribution in [0, 0.1) is 12.7 Å². The van der Waals surface area contributed by atoms with Gasteiger partial charge in [0.1, 0.15) is 11.9 Å². The molecule has 0 aliphatic heterocycles. The van der Waals surface area contributed by atoms with Gasteiger partial charge in [0.05, 0.1) is 15.7 Å². The van der Waals surface area contributed by atoms with Crippen LogP contribution in [0.15, 0.2) is 36.4 Å². The predicted octanol–water partition coefficient (Wildman–Crippen LogP) is 4.08. The van der Waals surface area contributed by atoms with Crippen molar-refractivity contribution in [2.75, 3.05) is 5.32 Å². The van der Waals surface area contributed by atoms with Gasteiger partial charge in [-0.15, -0.1) is 0 Å². The Morgan fingerprint density at radius 3 is 2.24 bits per heavy atom. The third-order valence-corrected chi connectivity index (χ3v) is 3.57. The Hall–Kier alpha value is -1.62. The van der Waals surface area contributed by atoms with Crippen LogP contribution in [0.4, 0.5) is 10.1 Å². The quantitative estimate of drug-likeness (QED) is 0.892. The topological polar surface area (TPSA) is 55.1 Å². The maximum Gasteiger partial charge on any atom is 0.245 e. The first-order valence-corrected chi connectivity index (χ1v) is 6.91. The first-order chi connectivity index (χ1) is 9.88. The van der Waals surface area contributed by atoms with Gasteiger partial charge in [0, 0.05) is 0 Å². The number of benzene rings is 2. The lowest BCUT2D eigenvalue weighted by Gasteiger charge is -2.14.